The number of carbonyl (C=O) groups is 1. The Balaban J connectivity index is 1.37. The van der Waals surface area contributed by atoms with Crippen molar-refractivity contribution in [3.05, 3.63) is 100 Å². The van der Waals surface area contributed by atoms with Crippen LogP contribution in [0.5, 0.6) is 11.5 Å². The molecule has 0 spiro atoms. The lowest BCUT2D eigenvalue weighted by Crippen LogP contribution is -2.13. The average Bonchev–Trinajstić information content (AvgIpc) is 3.21. The summed E-state index contributed by atoms with van der Waals surface area (Å²) in [7, 11) is 0. The van der Waals surface area contributed by atoms with Crippen LogP contribution in [0.1, 0.15) is 9.67 Å². The molecule has 5 rings (SSSR count). The van der Waals surface area contributed by atoms with Gasteiger partial charge in [0.1, 0.15) is 22.0 Å². The largest absolute Gasteiger partial charge is 0.457 e. The number of nitrogens with one attached hydrogen (secondary N) is 1. The van der Waals surface area contributed by atoms with Crippen LogP contribution < -0.4 is 15.6 Å². The minimum absolute atomic E-state index is 0.187. The SMILES string of the molecule is O=C(Nc1ccc(Oc2ccccc2)cc1)c1cc2c(=O)n3ccccc3nc2s1. The molecule has 0 atom stereocenters. The third kappa shape index (κ3) is 3.42. The lowest BCUT2D eigenvalue weighted by molar-refractivity contribution is 0.103. The average molecular weight is 413 g/mol. The first-order valence-electron chi connectivity index (χ1n) is 9.23. The lowest BCUT2D eigenvalue weighted by atomic mass is 10.3. The predicted molar refractivity (Wildman–Crippen MR) is 118 cm³/mol. The summed E-state index contributed by atoms with van der Waals surface area (Å²) >= 11 is 1.20. The number of hydrogen-bond donors (Lipinski definition) is 1. The van der Waals surface area contributed by atoms with Gasteiger partial charge in [-0.05, 0) is 54.6 Å². The molecule has 0 aliphatic carbocycles. The molecule has 1 N–H and O–H groups in total. The molecule has 0 aliphatic heterocycles. The highest BCUT2D eigenvalue weighted by molar-refractivity contribution is 7.20. The van der Waals surface area contributed by atoms with Crippen molar-refractivity contribution in [3.63, 3.8) is 0 Å². The topological polar surface area (TPSA) is 72.7 Å². The molecule has 3 heterocycles. The molecule has 0 radical (unpaired) electrons. The predicted octanol–water partition coefficient (Wildman–Crippen LogP) is 4.95. The van der Waals surface area contributed by atoms with Gasteiger partial charge in [-0.1, -0.05) is 24.3 Å². The number of aromatic nitrogens is 2. The molecule has 0 saturated heterocycles. The van der Waals surface area contributed by atoms with E-state index in [4.69, 9.17) is 4.74 Å². The molecule has 0 saturated carbocycles. The Morgan fingerprint density at radius 3 is 2.47 bits per heavy atom. The van der Waals surface area contributed by atoms with Crippen molar-refractivity contribution in [2.45, 2.75) is 0 Å². The van der Waals surface area contributed by atoms with Gasteiger partial charge in [0, 0.05) is 11.9 Å². The summed E-state index contributed by atoms with van der Waals surface area (Å²) in [6, 6.07) is 23.5. The number of rotatable bonds is 4. The van der Waals surface area contributed by atoms with Gasteiger partial charge in [0.2, 0.25) is 0 Å². The van der Waals surface area contributed by atoms with Crippen molar-refractivity contribution in [1.82, 2.24) is 9.38 Å². The Morgan fingerprint density at radius 1 is 0.933 bits per heavy atom. The second-order valence-electron chi connectivity index (χ2n) is 6.57. The number of thiophene rings is 1. The number of nitrogens with zero attached hydrogens (tertiary/aromatic N) is 2. The fourth-order valence-corrected chi connectivity index (χ4v) is 4.01. The number of para-hydroxylation sites is 1. The van der Waals surface area contributed by atoms with Crippen molar-refractivity contribution < 1.29 is 9.53 Å². The van der Waals surface area contributed by atoms with Crippen molar-refractivity contribution in [3.8, 4) is 11.5 Å². The lowest BCUT2D eigenvalue weighted by Gasteiger charge is -2.07. The van der Waals surface area contributed by atoms with Crippen LogP contribution in [-0.2, 0) is 0 Å². The van der Waals surface area contributed by atoms with E-state index in [2.05, 4.69) is 10.3 Å². The molecular weight excluding hydrogens is 398 g/mol. The third-order valence-electron chi connectivity index (χ3n) is 4.53. The number of pyridine rings is 1. The number of carbonyl (C=O) groups excluding carboxylic acids is 1. The van der Waals surface area contributed by atoms with Crippen molar-refractivity contribution >= 4 is 38.8 Å². The van der Waals surface area contributed by atoms with E-state index in [1.54, 1.807) is 48.7 Å². The van der Waals surface area contributed by atoms with Gasteiger partial charge in [-0.25, -0.2) is 4.98 Å². The number of benzene rings is 2. The Hall–Kier alpha value is -3.97. The van der Waals surface area contributed by atoms with Gasteiger partial charge in [0.25, 0.3) is 11.5 Å². The molecule has 2 aromatic carbocycles. The maximum Gasteiger partial charge on any atom is 0.266 e. The number of anilines is 1. The van der Waals surface area contributed by atoms with Gasteiger partial charge in [0.15, 0.2) is 0 Å². The molecule has 146 valence electrons. The zero-order chi connectivity index (χ0) is 20.5. The minimum atomic E-state index is -0.289. The number of amides is 1. The molecule has 3 aromatic heterocycles. The first-order valence-corrected chi connectivity index (χ1v) is 10.0. The standard InChI is InChI=1S/C23H15N3O3S/c27-21(24-15-9-11-17(12-10-15)29-16-6-2-1-3-7-16)19-14-18-22(30-19)25-20-8-4-5-13-26(20)23(18)28/h1-14H,(H,24,27). The molecule has 0 unspecified atom stereocenters. The van der Waals surface area contributed by atoms with Crippen molar-refractivity contribution in [2.24, 2.45) is 0 Å². The molecular formula is C23H15N3O3S. The Morgan fingerprint density at radius 2 is 1.67 bits per heavy atom. The van der Waals surface area contributed by atoms with E-state index in [0.29, 0.717) is 32.2 Å². The van der Waals surface area contributed by atoms with Crippen LogP contribution in [-0.4, -0.2) is 15.3 Å². The first-order chi connectivity index (χ1) is 14.7. The van der Waals surface area contributed by atoms with Gasteiger partial charge < -0.3 is 10.1 Å². The molecule has 0 bridgehead atoms. The smallest absolute Gasteiger partial charge is 0.266 e. The van der Waals surface area contributed by atoms with Crippen LogP contribution in [0.4, 0.5) is 5.69 Å². The third-order valence-corrected chi connectivity index (χ3v) is 5.56. The highest BCUT2D eigenvalue weighted by atomic mass is 32.1. The van der Waals surface area contributed by atoms with E-state index in [9.17, 15) is 9.59 Å². The van der Waals surface area contributed by atoms with Crippen LogP contribution in [0.25, 0.3) is 15.9 Å². The molecule has 0 aliphatic rings. The summed E-state index contributed by atoms with van der Waals surface area (Å²) < 4.78 is 7.23. The summed E-state index contributed by atoms with van der Waals surface area (Å²) in [5.74, 6) is 1.12. The van der Waals surface area contributed by atoms with Crippen LogP contribution in [0.2, 0.25) is 0 Å². The van der Waals surface area contributed by atoms with Gasteiger partial charge in [0.05, 0.1) is 10.3 Å². The minimum Gasteiger partial charge on any atom is -0.457 e. The van der Waals surface area contributed by atoms with E-state index in [0.717, 1.165) is 5.75 Å². The Bertz CT molecular complexity index is 1420. The van der Waals surface area contributed by atoms with Crippen molar-refractivity contribution in [2.75, 3.05) is 5.32 Å². The number of ether oxygens (including phenoxy) is 1. The number of fused-ring (bicyclic) bond motifs is 2. The van der Waals surface area contributed by atoms with E-state index in [1.165, 1.54) is 15.7 Å². The zero-order valence-corrected chi connectivity index (χ0v) is 16.4. The summed E-state index contributed by atoms with van der Waals surface area (Å²) in [5.41, 5.74) is 0.999. The Labute approximate surface area is 175 Å². The van der Waals surface area contributed by atoms with Crippen LogP contribution in [0.3, 0.4) is 0 Å². The van der Waals surface area contributed by atoms with Crippen molar-refractivity contribution in [1.29, 1.82) is 0 Å². The van der Waals surface area contributed by atoms with Gasteiger partial charge in [-0.2, -0.15) is 0 Å². The van der Waals surface area contributed by atoms with E-state index in [1.807, 2.05) is 36.4 Å². The highest BCUT2D eigenvalue weighted by Gasteiger charge is 2.15. The number of hydrogen-bond acceptors (Lipinski definition) is 5. The second kappa shape index (κ2) is 7.46. The monoisotopic (exact) mass is 413 g/mol. The maximum absolute atomic E-state index is 12.7. The summed E-state index contributed by atoms with van der Waals surface area (Å²) in [4.78, 5) is 30.8. The molecule has 30 heavy (non-hydrogen) atoms. The maximum atomic E-state index is 12.7. The second-order valence-corrected chi connectivity index (χ2v) is 7.60. The van der Waals surface area contributed by atoms with Gasteiger partial charge in [-0.15, -0.1) is 11.3 Å². The van der Waals surface area contributed by atoms with Crippen LogP contribution in [0.15, 0.2) is 89.9 Å². The summed E-state index contributed by atoms with van der Waals surface area (Å²) in [6.45, 7) is 0. The van der Waals surface area contributed by atoms with E-state index >= 15 is 0 Å². The first kappa shape index (κ1) is 18.1. The highest BCUT2D eigenvalue weighted by Crippen LogP contribution is 2.25. The van der Waals surface area contributed by atoms with Gasteiger partial charge >= 0.3 is 0 Å². The van der Waals surface area contributed by atoms with E-state index < -0.39 is 0 Å². The quantitative estimate of drug-likeness (QED) is 0.452. The fourth-order valence-electron chi connectivity index (χ4n) is 3.08. The van der Waals surface area contributed by atoms with Gasteiger partial charge in [-0.3, -0.25) is 14.0 Å². The fraction of sp³-hybridized carbons (Fsp3) is 0. The molecule has 7 heteroatoms. The van der Waals surface area contributed by atoms with Crippen LogP contribution in [0, 0.1) is 0 Å². The summed E-state index contributed by atoms with van der Waals surface area (Å²) in [5, 5.41) is 3.28. The molecule has 0 fully saturated rings. The normalized spacial score (nSPS) is 10.9. The Kier molecular flexibility index (Phi) is 4.49. The molecule has 5 aromatic rings. The zero-order valence-electron chi connectivity index (χ0n) is 15.6. The van der Waals surface area contributed by atoms with Crippen LogP contribution >= 0.6 is 11.3 Å². The van der Waals surface area contributed by atoms with E-state index in [-0.39, 0.29) is 11.5 Å². The molecule has 1 amide bonds. The summed E-state index contributed by atoms with van der Waals surface area (Å²) in [6.07, 6.45) is 1.67. The molecule has 6 nitrogen and oxygen atoms in total.